The predicted octanol–water partition coefficient (Wildman–Crippen LogP) is 2.32. The molecule has 0 unspecified atom stereocenters. The van der Waals surface area contributed by atoms with E-state index in [1.807, 2.05) is 12.1 Å². The first-order valence-electron chi connectivity index (χ1n) is 4.96. The molecule has 0 aliphatic heterocycles. The highest BCUT2D eigenvalue weighted by molar-refractivity contribution is 5.27. The van der Waals surface area contributed by atoms with E-state index in [1.54, 1.807) is 0 Å². The van der Waals surface area contributed by atoms with Gasteiger partial charge < -0.3 is 9.64 Å². The Labute approximate surface area is 86.5 Å². The van der Waals surface area contributed by atoms with Crippen molar-refractivity contribution in [3.05, 3.63) is 29.8 Å². The molecule has 0 saturated heterocycles. The summed E-state index contributed by atoms with van der Waals surface area (Å²) in [4.78, 5) is 2.13. The lowest BCUT2D eigenvalue weighted by atomic mass is 10.2. The fourth-order valence-electron chi connectivity index (χ4n) is 1.47. The van der Waals surface area contributed by atoms with E-state index in [0.29, 0.717) is 0 Å². The van der Waals surface area contributed by atoms with Gasteiger partial charge in [0.1, 0.15) is 11.9 Å². The fraction of sp³-hybridized carbons (Fsp3) is 0.500. The molecule has 14 heavy (non-hydrogen) atoms. The Bertz CT molecular complexity index is 283. The normalized spacial score (nSPS) is 12.9. The van der Waals surface area contributed by atoms with Gasteiger partial charge in [-0.15, -0.1) is 0 Å². The van der Waals surface area contributed by atoms with Crippen molar-refractivity contribution in [2.75, 3.05) is 20.6 Å². The van der Waals surface area contributed by atoms with Crippen molar-refractivity contribution in [2.45, 2.75) is 20.0 Å². The van der Waals surface area contributed by atoms with E-state index < -0.39 is 0 Å². The van der Waals surface area contributed by atoms with E-state index in [9.17, 15) is 0 Å². The third-order valence-electron chi connectivity index (χ3n) is 1.95. The van der Waals surface area contributed by atoms with E-state index in [1.165, 1.54) is 5.56 Å². The number of ether oxygens (including phenoxy) is 1. The summed E-state index contributed by atoms with van der Waals surface area (Å²) in [5.74, 6) is 0.958. The molecule has 0 aromatic heterocycles. The summed E-state index contributed by atoms with van der Waals surface area (Å²) in [5, 5.41) is 0. The Hall–Kier alpha value is -1.02. The number of benzene rings is 1. The maximum Gasteiger partial charge on any atom is 0.120 e. The number of likely N-dealkylation sites (N-methyl/N-ethyl adjacent to an activating group) is 1. The van der Waals surface area contributed by atoms with Crippen LogP contribution >= 0.6 is 0 Å². The second-order valence-electron chi connectivity index (χ2n) is 4.01. The zero-order chi connectivity index (χ0) is 10.6. The molecule has 2 heteroatoms. The van der Waals surface area contributed by atoms with Crippen molar-refractivity contribution in [2.24, 2.45) is 0 Å². The van der Waals surface area contributed by atoms with Crippen LogP contribution in [0.2, 0.25) is 0 Å². The first kappa shape index (κ1) is 11.1. The molecule has 0 aliphatic rings. The van der Waals surface area contributed by atoms with Gasteiger partial charge in [-0.3, -0.25) is 0 Å². The molecule has 0 spiro atoms. The summed E-state index contributed by atoms with van der Waals surface area (Å²) in [5.41, 5.74) is 1.24. The molecule has 0 saturated carbocycles. The van der Waals surface area contributed by atoms with Crippen LogP contribution in [0.1, 0.15) is 12.5 Å². The van der Waals surface area contributed by atoms with Crippen molar-refractivity contribution in [1.82, 2.24) is 4.90 Å². The van der Waals surface area contributed by atoms with Crippen LogP contribution in [0.5, 0.6) is 5.75 Å². The van der Waals surface area contributed by atoms with Crippen LogP contribution in [0.15, 0.2) is 24.3 Å². The van der Waals surface area contributed by atoms with Crippen LogP contribution in [-0.4, -0.2) is 31.6 Å². The zero-order valence-corrected chi connectivity index (χ0v) is 9.45. The minimum absolute atomic E-state index is 0.229. The summed E-state index contributed by atoms with van der Waals surface area (Å²) < 4.78 is 5.76. The number of nitrogens with zero attached hydrogens (tertiary/aromatic N) is 1. The molecule has 2 nitrogen and oxygen atoms in total. The van der Waals surface area contributed by atoms with Crippen molar-refractivity contribution in [1.29, 1.82) is 0 Å². The molecule has 0 N–H and O–H groups in total. The molecule has 0 radical (unpaired) electrons. The van der Waals surface area contributed by atoms with Gasteiger partial charge in [-0.05, 0) is 45.6 Å². The van der Waals surface area contributed by atoms with Crippen molar-refractivity contribution in [3.63, 3.8) is 0 Å². The topological polar surface area (TPSA) is 12.5 Å². The van der Waals surface area contributed by atoms with Crippen LogP contribution in [0.25, 0.3) is 0 Å². The van der Waals surface area contributed by atoms with Gasteiger partial charge in [-0.25, -0.2) is 0 Å². The lowest BCUT2D eigenvalue weighted by Gasteiger charge is -2.18. The van der Waals surface area contributed by atoms with E-state index in [2.05, 4.69) is 45.0 Å². The summed E-state index contributed by atoms with van der Waals surface area (Å²) in [7, 11) is 4.10. The lowest BCUT2D eigenvalue weighted by Crippen LogP contribution is -2.27. The maximum atomic E-state index is 5.76. The average Bonchev–Trinajstić information content (AvgIpc) is 2.01. The molecule has 1 aromatic carbocycles. The van der Waals surface area contributed by atoms with Crippen LogP contribution in [0, 0.1) is 6.92 Å². The Kier molecular flexibility index (Phi) is 3.96. The van der Waals surface area contributed by atoms with E-state index in [0.717, 1.165) is 12.3 Å². The molecule has 1 aromatic rings. The van der Waals surface area contributed by atoms with Crippen LogP contribution in [0.4, 0.5) is 0 Å². The highest BCUT2D eigenvalue weighted by Gasteiger charge is 2.04. The third-order valence-corrected chi connectivity index (χ3v) is 1.95. The van der Waals surface area contributed by atoms with Crippen molar-refractivity contribution < 1.29 is 4.74 Å². The number of hydrogen-bond donors (Lipinski definition) is 0. The molecule has 0 amide bonds. The molecular weight excluding hydrogens is 174 g/mol. The van der Waals surface area contributed by atoms with Crippen molar-refractivity contribution >= 4 is 0 Å². The third kappa shape index (κ3) is 3.79. The molecular formula is C12H19NO. The monoisotopic (exact) mass is 193 g/mol. The highest BCUT2D eigenvalue weighted by Crippen LogP contribution is 2.14. The largest absolute Gasteiger partial charge is 0.489 e. The Morgan fingerprint density at radius 1 is 1.36 bits per heavy atom. The molecule has 0 heterocycles. The smallest absolute Gasteiger partial charge is 0.120 e. The van der Waals surface area contributed by atoms with Crippen molar-refractivity contribution in [3.8, 4) is 5.75 Å². The zero-order valence-electron chi connectivity index (χ0n) is 9.45. The number of rotatable bonds is 4. The summed E-state index contributed by atoms with van der Waals surface area (Å²) in [6.45, 7) is 5.10. The molecule has 78 valence electrons. The summed E-state index contributed by atoms with van der Waals surface area (Å²) in [6.07, 6.45) is 0.229. The fourth-order valence-corrected chi connectivity index (χ4v) is 1.47. The van der Waals surface area contributed by atoms with E-state index >= 15 is 0 Å². The van der Waals surface area contributed by atoms with E-state index in [4.69, 9.17) is 4.74 Å². The molecule has 0 bridgehead atoms. The first-order chi connectivity index (χ1) is 6.58. The summed E-state index contributed by atoms with van der Waals surface area (Å²) in [6, 6.07) is 8.15. The van der Waals surface area contributed by atoms with Gasteiger partial charge >= 0.3 is 0 Å². The van der Waals surface area contributed by atoms with Crippen LogP contribution < -0.4 is 4.74 Å². The average molecular weight is 193 g/mol. The Balaban J connectivity index is 2.51. The SMILES string of the molecule is Cc1cccc(O[C@@H](C)CN(C)C)c1. The van der Waals surface area contributed by atoms with Gasteiger partial charge in [-0.1, -0.05) is 12.1 Å². The number of hydrogen-bond acceptors (Lipinski definition) is 2. The lowest BCUT2D eigenvalue weighted by molar-refractivity contribution is 0.177. The second kappa shape index (κ2) is 5.01. The highest BCUT2D eigenvalue weighted by atomic mass is 16.5. The standard InChI is InChI=1S/C12H19NO/c1-10-6-5-7-12(8-10)14-11(2)9-13(3)4/h5-8,11H,9H2,1-4H3/t11-/m0/s1. The minimum atomic E-state index is 0.229. The van der Waals surface area contributed by atoms with Gasteiger partial charge in [0.05, 0.1) is 0 Å². The van der Waals surface area contributed by atoms with Gasteiger partial charge in [0.25, 0.3) is 0 Å². The minimum Gasteiger partial charge on any atom is -0.489 e. The summed E-state index contributed by atoms with van der Waals surface area (Å²) >= 11 is 0. The number of aryl methyl sites for hydroxylation is 1. The molecule has 1 atom stereocenters. The maximum absolute atomic E-state index is 5.76. The first-order valence-corrected chi connectivity index (χ1v) is 4.96. The van der Waals surface area contributed by atoms with Gasteiger partial charge in [-0.2, -0.15) is 0 Å². The van der Waals surface area contributed by atoms with Gasteiger partial charge in [0, 0.05) is 6.54 Å². The molecule has 0 fully saturated rings. The van der Waals surface area contributed by atoms with E-state index in [-0.39, 0.29) is 6.10 Å². The van der Waals surface area contributed by atoms with Gasteiger partial charge in [0.2, 0.25) is 0 Å². The molecule has 0 aliphatic carbocycles. The quantitative estimate of drug-likeness (QED) is 0.727. The Morgan fingerprint density at radius 3 is 2.64 bits per heavy atom. The van der Waals surface area contributed by atoms with Gasteiger partial charge in [0.15, 0.2) is 0 Å². The van der Waals surface area contributed by atoms with Crippen LogP contribution in [0.3, 0.4) is 0 Å². The second-order valence-corrected chi connectivity index (χ2v) is 4.01. The Morgan fingerprint density at radius 2 is 2.07 bits per heavy atom. The molecule has 1 rings (SSSR count). The van der Waals surface area contributed by atoms with Crippen LogP contribution in [-0.2, 0) is 0 Å². The predicted molar refractivity (Wildman–Crippen MR) is 59.8 cm³/mol.